The van der Waals surface area contributed by atoms with Crippen molar-refractivity contribution in [3.63, 3.8) is 0 Å². The molecular weight excluding hydrogens is 226 g/mol. The third kappa shape index (κ3) is 4.25. The Balaban J connectivity index is 2.44. The van der Waals surface area contributed by atoms with Gasteiger partial charge < -0.3 is 10.6 Å². The van der Waals surface area contributed by atoms with Crippen molar-refractivity contribution in [3.05, 3.63) is 0 Å². The number of amides is 1. The molecule has 0 aromatic heterocycles. The van der Waals surface area contributed by atoms with Gasteiger partial charge in [0.05, 0.1) is 6.04 Å². The molecule has 1 aliphatic heterocycles. The summed E-state index contributed by atoms with van der Waals surface area (Å²) in [5.41, 5.74) is 5.96. The highest BCUT2D eigenvalue weighted by Crippen LogP contribution is 2.17. The van der Waals surface area contributed by atoms with E-state index in [4.69, 9.17) is 5.73 Å². The van der Waals surface area contributed by atoms with Crippen LogP contribution in [0.1, 0.15) is 40.0 Å². The van der Waals surface area contributed by atoms with Crippen molar-refractivity contribution in [3.8, 4) is 0 Å². The van der Waals surface area contributed by atoms with Crippen LogP contribution in [0.2, 0.25) is 0 Å². The molecule has 0 aliphatic carbocycles. The van der Waals surface area contributed by atoms with Gasteiger partial charge in [-0.2, -0.15) is 0 Å². The predicted octanol–water partition coefficient (Wildman–Crippen LogP) is 1.30. The molecule has 2 N–H and O–H groups in total. The van der Waals surface area contributed by atoms with E-state index >= 15 is 0 Å². The third-order valence-corrected chi connectivity index (χ3v) is 3.81. The Morgan fingerprint density at radius 3 is 2.72 bits per heavy atom. The molecule has 1 amide bonds. The second kappa shape index (κ2) is 7.10. The van der Waals surface area contributed by atoms with Crippen LogP contribution in [-0.4, -0.2) is 54.5 Å². The molecule has 1 saturated heterocycles. The lowest BCUT2D eigenvalue weighted by molar-refractivity contribution is -0.132. The molecule has 1 rings (SSSR count). The second-order valence-electron chi connectivity index (χ2n) is 5.88. The molecule has 1 aliphatic rings. The van der Waals surface area contributed by atoms with Gasteiger partial charge >= 0.3 is 0 Å². The molecule has 0 bridgehead atoms. The van der Waals surface area contributed by atoms with Gasteiger partial charge in [-0.25, -0.2) is 0 Å². The van der Waals surface area contributed by atoms with Crippen LogP contribution in [0.25, 0.3) is 0 Å². The Bertz CT molecular complexity index is 268. The molecule has 1 fully saturated rings. The minimum atomic E-state index is -0.341. The van der Waals surface area contributed by atoms with E-state index in [-0.39, 0.29) is 11.9 Å². The molecule has 1 heterocycles. The summed E-state index contributed by atoms with van der Waals surface area (Å²) in [6.07, 6.45) is 3.22. The van der Waals surface area contributed by atoms with Crippen LogP contribution in [0.15, 0.2) is 0 Å². The summed E-state index contributed by atoms with van der Waals surface area (Å²) in [7, 11) is 1.88. The van der Waals surface area contributed by atoms with E-state index in [0.717, 1.165) is 19.5 Å². The van der Waals surface area contributed by atoms with Crippen molar-refractivity contribution in [2.24, 2.45) is 11.7 Å². The van der Waals surface area contributed by atoms with E-state index in [2.05, 4.69) is 25.7 Å². The molecule has 18 heavy (non-hydrogen) atoms. The highest BCUT2D eigenvalue weighted by atomic mass is 16.2. The van der Waals surface area contributed by atoms with Crippen molar-refractivity contribution in [2.45, 2.75) is 52.1 Å². The van der Waals surface area contributed by atoms with E-state index in [1.807, 2.05) is 11.9 Å². The summed E-state index contributed by atoms with van der Waals surface area (Å²) in [4.78, 5) is 16.4. The average Bonchev–Trinajstić information content (AvgIpc) is 2.74. The Labute approximate surface area is 111 Å². The number of carbonyl (C=O) groups excluding carboxylic acids is 1. The Hall–Kier alpha value is -0.610. The normalized spacial score (nSPS) is 22.4. The maximum Gasteiger partial charge on any atom is 0.239 e. The third-order valence-electron chi connectivity index (χ3n) is 3.81. The van der Waals surface area contributed by atoms with Crippen LogP contribution in [0.4, 0.5) is 0 Å². The first-order valence-electron chi connectivity index (χ1n) is 7.20. The predicted molar refractivity (Wildman–Crippen MR) is 75.3 cm³/mol. The maximum absolute atomic E-state index is 12.1. The second-order valence-corrected chi connectivity index (χ2v) is 5.88. The topological polar surface area (TPSA) is 49.6 Å². The summed E-state index contributed by atoms with van der Waals surface area (Å²) in [5.74, 6) is 0.558. The largest absolute Gasteiger partial charge is 0.343 e. The molecule has 4 nitrogen and oxygen atoms in total. The number of nitrogens with zero attached hydrogens (tertiary/aromatic N) is 2. The Morgan fingerprint density at radius 2 is 2.17 bits per heavy atom. The molecule has 0 saturated carbocycles. The zero-order chi connectivity index (χ0) is 13.7. The molecule has 0 aromatic rings. The molecule has 2 unspecified atom stereocenters. The highest BCUT2D eigenvalue weighted by Gasteiger charge is 2.27. The van der Waals surface area contributed by atoms with Crippen LogP contribution in [0, 0.1) is 5.92 Å². The minimum absolute atomic E-state index is 0.0895. The number of hydrogen-bond donors (Lipinski definition) is 1. The quantitative estimate of drug-likeness (QED) is 0.778. The minimum Gasteiger partial charge on any atom is -0.343 e. The maximum atomic E-state index is 12.1. The van der Waals surface area contributed by atoms with Gasteiger partial charge in [-0.15, -0.1) is 0 Å². The summed E-state index contributed by atoms with van der Waals surface area (Å²) < 4.78 is 0. The van der Waals surface area contributed by atoms with Crippen molar-refractivity contribution in [1.29, 1.82) is 0 Å². The van der Waals surface area contributed by atoms with Crippen molar-refractivity contribution < 1.29 is 4.79 Å². The molecule has 0 spiro atoms. The van der Waals surface area contributed by atoms with Gasteiger partial charge in [0.25, 0.3) is 0 Å². The van der Waals surface area contributed by atoms with Crippen LogP contribution in [0.5, 0.6) is 0 Å². The zero-order valence-electron chi connectivity index (χ0n) is 12.4. The number of hydrogen-bond acceptors (Lipinski definition) is 3. The smallest absolute Gasteiger partial charge is 0.239 e. The fraction of sp³-hybridized carbons (Fsp3) is 0.929. The number of likely N-dealkylation sites (tertiary alicyclic amines) is 1. The van der Waals surface area contributed by atoms with E-state index in [9.17, 15) is 4.79 Å². The zero-order valence-corrected chi connectivity index (χ0v) is 12.4. The lowest BCUT2D eigenvalue weighted by Gasteiger charge is -2.29. The van der Waals surface area contributed by atoms with Crippen LogP contribution < -0.4 is 5.73 Å². The van der Waals surface area contributed by atoms with Gasteiger partial charge in [0.1, 0.15) is 0 Å². The average molecular weight is 255 g/mol. The molecular formula is C14H29N3O. The lowest BCUT2D eigenvalue weighted by atomic mass is 10.0. The van der Waals surface area contributed by atoms with E-state index in [1.165, 1.54) is 19.4 Å². The van der Waals surface area contributed by atoms with E-state index in [0.29, 0.717) is 12.0 Å². The van der Waals surface area contributed by atoms with Crippen molar-refractivity contribution in [2.75, 3.05) is 26.7 Å². The number of carbonyl (C=O) groups is 1. The fourth-order valence-electron chi connectivity index (χ4n) is 2.82. The van der Waals surface area contributed by atoms with Gasteiger partial charge in [0.15, 0.2) is 0 Å². The fourth-order valence-corrected chi connectivity index (χ4v) is 2.82. The van der Waals surface area contributed by atoms with Gasteiger partial charge in [-0.3, -0.25) is 9.69 Å². The first-order valence-corrected chi connectivity index (χ1v) is 7.20. The van der Waals surface area contributed by atoms with Crippen LogP contribution in [0.3, 0.4) is 0 Å². The first kappa shape index (κ1) is 15.4. The van der Waals surface area contributed by atoms with Gasteiger partial charge in [0.2, 0.25) is 5.91 Å². The van der Waals surface area contributed by atoms with E-state index < -0.39 is 0 Å². The Morgan fingerprint density at radius 1 is 1.50 bits per heavy atom. The number of likely N-dealkylation sites (N-methyl/N-ethyl adjacent to an activating group) is 2. The van der Waals surface area contributed by atoms with Crippen molar-refractivity contribution in [1.82, 2.24) is 9.80 Å². The van der Waals surface area contributed by atoms with Crippen LogP contribution >= 0.6 is 0 Å². The van der Waals surface area contributed by atoms with Gasteiger partial charge in [0, 0.05) is 19.6 Å². The summed E-state index contributed by atoms with van der Waals surface area (Å²) in [5, 5.41) is 0. The SMILES string of the molecule is CCN1CCCC1CN(C)C(=O)C(N)CC(C)C. The van der Waals surface area contributed by atoms with Crippen LogP contribution in [-0.2, 0) is 4.79 Å². The van der Waals surface area contributed by atoms with E-state index in [1.54, 1.807) is 0 Å². The molecule has 0 radical (unpaired) electrons. The molecule has 2 atom stereocenters. The first-order chi connectivity index (χ1) is 8.45. The molecule has 4 heteroatoms. The van der Waals surface area contributed by atoms with Crippen molar-refractivity contribution >= 4 is 5.91 Å². The summed E-state index contributed by atoms with van der Waals surface area (Å²) in [6.45, 7) is 9.45. The number of nitrogens with two attached hydrogens (primary N) is 1. The molecule has 106 valence electrons. The number of rotatable bonds is 6. The van der Waals surface area contributed by atoms with Gasteiger partial charge in [-0.1, -0.05) is 20.8 Å². The monoisotopic (exact) mass is 255 g/mol. The summed E-state index contributed by atoms with van der Waals surface area (Å²) >= 11 is 0. The standard InChI is InChI=1S/C14H29N3O/c1-5-17-8-6-7-12(17)10-16(4)14(18)13(15)9-11(2)3/h11-13H,5-10,15H2,1-4H3. The molecule has 0 aromatic carbocycles. The van der Waals surface area contributed by atoms with Gasteiger partial charge in [-0.05, 0) is 38.3 Å². The summed E-state index contributed by atoms with van der Waals surface area (Å²) in [6, 6.07) is 0.182. The lowest BCUT2D eigenvalue weighted by Crippen LogP contribution is -2.47. The Kier molecular flexibility index (Phi) is 6.09. The highest BCUT2D eigenvalue weighted by molar-refractivity contribution is 5.81.